The van der Waals surface area contributed by atoms with Crippen LogP contribution in [0.1, 0.15) is 34.1 Å². The average Bonchev–Trinajstić information content (AvgIpc) is 1.88. The van der Waals surface area contributed by atoms with Gasteiger partial charge in [0.25, 0.3) is 0 Å². The summed E-state index contributed by atoms with van der Waals surface area (Å²) in [5, 5.41) is 1.60. The van der Waals surface area contributed by atoms with Crippen LogP contribution in [0.15, 0.2) is 0 Å². The predicted molar refractivity (Wildman–Crippen MR) is 41.0 cm³/mol. The van der Waals surface area contributed by atoms with Crippen molar-refractivity contribution in [2.75, 3.05) is 0 Å². The third kappa shape index (κ3) is 2.62. The molecule has 0 aromatic heterocycles. The molecule has 1 N–H and O–H groups in total. The fourth-order valence-corrected chi connectivity index (χ4v) is 0.887. The van der Waals surface area contributed by atoms with Gasteiger partial charge in [-0.25, -0.2) is 5.01 Å². The highest BCUT2D eigenvalue weighted by molar-refractivity contribution is 4.62. The van der Waals surface area contributed by atoms with E-state index in [1.54, 1.807) is 10.7 Å². The molecule has 0 rings (SSSR count). The highest BCUT2D eigenvalue weighted by atomic mass is 19.2. The molecule has 1 unspecified atom stereocenters. The molecule has 10 heavy (non-hydrogen) atoms. The minimum atomic E-state index is 0.208. The molecule has 3 heteroatoms. The molecule has 0 amide bonds. The first-order valence-corrected chi connectivity index (χ1v) is 3.78. The van der Waals surface area contributed by atoms with E-state index < -0.39 is 0 Å². The summed E-state index contributed by atoms with van der Waals surface area (Å²) < 4.78 is 12.0. The molecule has 0 heterocycles. The van der Waals surface area contributed by atoms with Gasteiger partial charge >= 0.3 is 0 Å². The Morgan fingerprint density at radius 2 is 1.90 bits per heavy atom. The lowest BCUT2D eigenvalue weighted by molar-refractivity contribution is -0.000405. The Labute approximate surface area is 62.3 Å². The molecule has 0 aliphatic heterocycles. The largest absolute Gasteiger partial charge is 0.212 e. The molecular weight excluding hydrogens is 131 g/mol. The molecule has 62 valence electrons. The lowest BCUT2D eigenvalue weighted by Gasteiger charge is -2.28. The molecular formula is C7H17FN2. The number of nitrogens with one attached hydrogen (secondary N) is 1. The first kappa shape index (κ1) is 9.85. The fourth-order valence-electron chi connectivity index (χ4n) is 0.887. The Hall–Kier alpha value is -0.150. The van der Waals surface area contributed by atoms with Gasteiger partial charge in [0.15, 0.2) is 0 Å². The van der Waals surface area contributed by atoms with E-state index in [1.807, 2.05) is 27.7 Å². The molecule has 0 bridgehead atoms. The number of hydrogen-bond acceptors (Lipinski definition) is 2. The Balaban J connectivity index is 3.80. The Morgan fingerprint density at radius 3 is 2.00 bits per heavy atom. The fraction of sp³-hybridized carbons (Fsp3) is 1.00. The van der Waals surface area contributed by atoms with Gasteiger partial charge in [0.1, 0.15) is 0 Å². The minimum Gasteiger partial charge on any atom is -0.212 e. The van der Waals surface area contributed by atoms with Crippen molar-refractivity contribution < 1.29 is 4.48 Å². The molecule has 0 aromatic carbocycles. The van der Waals surface area contributed by atoms with Crippen molar-refractivity contribution in [3.8, 4) is 0 Å². The van der Waals surface area contributed by atoms with Gasteiger partial charge in [-0.2, -0.15) is 0 Å². The van der Waals surface area contributed by atoms with E-state index in [1.165, 1.54) is 0 Å². The van der Waals surface area contributed by atoms with Crippen molar-refractivity contribution in [2.24, 2.45) is 0 Å². The summed E-state index contributed by atoms with van der Waals surface area (Å²) in [6.07, 6.45) is 0.953. The lowest BCUT2D eigenvalue weighted by Crippen LogP contribution is -2.44. The minimum absolute atomic E-state index is 0.208. The Kier molecular flexibility index (Phi) is 4.56. The predicted octanol–water partition coefficient (Wildman–Crippen LogP) is 1.88. The second-order valence-corrected chi connectivity index (χ2v) is 2.84. The summed E-state index contributed by atoms with van der Waals surface area (Å²) in [5.41, 5.74) is 1.69. The van der Waals surface area contributed by atoms with Crippen LogP contribution in [0.25, 0.3) is 0 Å². The summed E-state index contributed by atoms with van der Waals surface area (Å²) >= 11 is 0. The maximum atomic E-state index is 12.0. The van der Waals surface area contributed by atoms with Crippen molar-refractivity contribution >= 4 is 0 Å². The molecule has 0 radical (unpaired) electrons. The van der Waals surface area contributed by atoms with E-state index in [0.29, 0.717) is 0 Å². The normalized spacial score (nSPS) is 14.7. The van der Waals surface area contributed by atoms with Gasteiger partial charge in [0, 0.05) is 12.1 Å². The first-order chi connectivity index (χ1) is 4.63. The van der Waals surface area contributed by atoms with Crippen LogP contribution >= 0.6 is 0 Å². The molecule has 2 nitrogen and oxygen atoms in total. The molecule has 0 aliphatic rings. The Bertz CT molecular complexity index is 85.7. The number of rotatable bonds is 4. The zero-order valence-electron chi connectivity index (χ0n) is 7.19. The van der Waals surface area contributed by atoms with E-state index in [2.05, 4.69) is 0 Å². The average molecular weight is 148 g/mol. The highest BCUT2D eigenvalue weighted by Gasteiger charge is 2.14. The van der Waals surface area contributed by atoms with E-state index in [4.69, 9.17) is 0 Å². The monoisotopic (exact) mass is 148 g/mol. The standard InChI is InChI=1S/C7H17FN2/c1-5-7(4)10(9-8)6(2)3/h6-7,9H,5H2,1-4H3. The van der Waals surface area contributed by atoms with Crippen LogP contribution in [0.4, 0.5) is 4.48 Å². The third-order valence-corrected chi connectivity index (χ3v) is 1.72. The van der Waals surface area contributed by atoms with Gasteiger partial charge in [-0.05, 0) is 27.2 Å². The molecule has 0 spiro atoms. The van der Waals surface area contributed by atoms with Crippen LogP contribution in [-0.4, -0.2) is 17.1 Å². The van der Waals surface area contributed by atoms with Crippen molar-refractivity contribution in [3.63, 3.8) is 0 Å². The highest BCUT2D eigenvalue weighted by Crippen LogP contribution is 2.04. The number of hydrazine groups is 1. The zero-order valence-corrected chi connectivity index (χ0v) is 7.19. The van der Waals surface area contributed by atoms with Crippen molar-refractivity contribution in [1.82, 2.24) is 10.7 Å². The van der Waals surface area contributed by atoms with Crippen molar-refractivity contribution in [1.29, 1.82) is 0 Å². The smallest absolute Gasteiger partial charge is 0.0240 e. The van der Waals surface area contributed by atoms with E-state index in [-0.39, 0.29) is 12.1 Å². The van der Waals surface area contributed by atoms with Gasteiger partial charge < -0.3 is 0 Å². The molecule has 0 saturated carbocycles. The summed E-state index contributed by atoms with van der Waals surface area (Å²) in [4.78, 5) is 0. The van der Waals surface area contributed by atoms with E-state index >= 15 is 0 Å². The SMILES string of the molecule is CCC(C)N(NF)C(C)C. The molecule has 0 aromatic rings. The number of hydrogen-bond donors (Lipinski definition) is 1. The Morgan fingerprint density at radius 1 is 1.40 bits per heavy atom. The van der Waals surface area contributed by atoms with Crippen molar-refractivity contribution in [2.45, 2.75) is 46.2 Å². The quantitative estimate of drug-likeness (QED) is 0.483. The summed E-state index contributed by atoms with van der Waals surface area (Å²) in [6.45, 7) is 7.95. The molecule has 0 aliphatic carbocycles. The third-order valence-electron chi connectivity index (χ3n) is 1.72. The van der Waals surface area contributed by atoms with Gasteiger partial charge in [-0.15, -0.1) is 4.48 Å². The molecule has 0 saturated heterocycles. The van der Waals surface area contributed by atoms with E-state index in [0.717, 1.165) is 6.42 Å². The number of halogens is 1. The lowest BCUT2D eigenvalue weighted by atomic mass is 10.2. The van der Waals surface area contributed by atoms with Crippen LogP contribution in [0.3, 0.4) is 0 Å². The number of nitrogens with zero attached hydrogens (tertiary/aromatic N) is 1. The maximum Gasteiger partial charge on any atom is 0.0240 e. The van der Waals surface area contributed by atoms with Gasteiger partial charge in [-0.1, -0.05) is 12.6 Å². The zero-order chi connectivity index (χ0) is 8.15. The second kappa shape index (κ2) is 4.63. The molecule has 1 atom stereocenters. The maximum absolute atomic E-state index is 12.0. The summed E-state index contributed by atoms with van der Waals surface area (Å²) in [6, 6.07) is 0.463. The van der Waals surface area contributed by atoms with Gasteiger partial charge in [-0.3, -0.25) is 0 Å². The van der Waals surface area contributed by atoms with Gasteiger partial charge in [0.2, 0.25) is 0 Å². The van der Waals surface area contributed by atoms with Crippen LogP contribution in [0.5, 0.6) is 0 Å². The summed E-state index contributed by atoms with van der Waals surface area (Å²) in [5.74, 6) is 0. The van der Waals surface area contributed by atoms with Crippen LogP contribution in [0, 0.1) is 0 Å². The second-order valence-electron chi connectivity index (χ2n) is 2.84. The van der Waals surface area contributed by atoms with Crippen LogP contribution in [0.2, 0.25) is 0 Å². The van der Waals surface area contributed by atoms with E-state index in [9.17, 15) is 4.48 Å². The van der Waals surface area contributed by atoms with Crippen LogP contribution in [-0.2, 0) is 0 Å². The first-order valence-electron chi connectivity index (χ1n) is 3.78. The topological polar surface area (TPSA) is 15.3 Å². The molecule has 0 fully saturated rings. The van der Waals surface area contributed by atoms with Crippen molar-refractivity contribution in [3.05, 3.63) is 0 Å². The summed E-state index contributed by atoms with van der Waals surface area (Å²) in [7, 11) is 0. The van der Waals surface area contributed by atoms with Crippen LogP contribution < -0.4 is 5.65 Å². The van der Waals surface area contributed by atoms with Gasteiger partial charge in [0.05, 0.1) is 0 Å².